The van der Waals surface area contributed by atoms with Gasteiger partial charge in [-0.05, 0) is 50.4 Å². The highest BCUT2D eigenvalue weighted by Crippen LogP contribution is 2.48. The van der Waals surface area contributed by atoms with E-state index in [1.807, 2.05) is 11.9 Å². The lowest BCUT2D eigenvalue weighted by atomic mass is 9.88. The van der Waals surface area contributed by atoms with Gasteiger partial charge < -0.3 is 10.2 Å². The molecule has 1 amide bonds. The smallest absolute Gasteiger partial charge is 0.236 e. The first-order chi connectivity index (χ1) is 8.60. The summed E-state index contributed by atoms with van der Waals surface area (Å²) in [4.78, 5) is 14.0. The fourth-order valence-electron chi connectivity index (χ4n) is 3.59. The van der Waals surface area contributed by atoms with E-state index in [1.54, 1.807) is 0 Å². The molecule has 2 aliphatic carbocycles. The minimum absolute atomic E-state index is 0.248. The lowest BCUT2D eigenvalue weighted by molar-refractivity contribution is -0.129. The normalized spacial score (nSPS) is 31.6. The summed E-state index contributed by atoms with van der Waals surface area (Å²) in [5, 5.41) is 3.28. The first kappa shape index (κ1) is 13.9. The van der Waals surface area contributed by atoms with E-state index in [4.69, 9.17) is 0 Å². The number of carbonyl (C=O) groups is 1. The van der Waals surface area contributed by atoms with Gasteiger partial charge in [0.25, 0.3) is 0 Å². The highest BCUT2D eigenvalue weighted by atomic mass is 16.2. The average Bonchev–Trinajstić information content (AvgIpc) is 2.97. The average molecular weight is 252 g/mol. The maximum atomic E-state index is 12.0. The van der Waals surface area contributed by atoms with Gasteiger partial charge in [-0.15, -0.1) is 0 Å². The van der Waals surface area contributed by atoms with Crippen molar-refractivity contribution in [2.75, 3.05) is 20.1 Å². The molecule has 4 atom stereocenters. The molecule has 104 valence electrons. The van der Waals surface area contributed by atoms with Crippen molar-refractivity contribution in [1.29, 1.82) is 0 Å². The molecular weight excluding hydrogens is 224 g/mol. The standard InChI is InChI=1S/C15H28N2O/c1-4-11(2)16-9-15(18)17(3)10-14-8-12-5-6-13(14)7-12/h11-14,16H,4-10H2,1-3H3. The van der Waals surface area contributed by atoms with Gasteiger partial charge >= 0.3 is 0 Å². The number of rotatable bonds is 6. The number of nitrogens with one attached hydrogen (secondary N) is 1. The first-order valence-electron chi connectivity index (χ1n) is 7.57. The minimum Gasteiger partial charge on any atom is -0.344 e. The van der Waals surface area contributed by atoms with Gasteiger partial charge in [0.1, 0.15) is 0 Å². The van der Waals surface area contributed by atoms with Crippen LogP contribution in [0.4, 0.5) is 0 Å². The molecule has 0 spiro atoms. The fourth-order valence-corrected chi connectivity index (χ4v) is 3.59. The van der Waals surface area contributed by atoms with E-state index in [0.29, 0.717) is 12.6 Å². The Hall–Kier alpha value is -0.570. The maximum Gasteiger partial charge on any atom is 0.236 e. The Morgan fingerprint density at radius 2 is 2.17 bits per heavy atom. The second-order valence-corrected chi connectivity index (χ2v) is 6.40. The molecule has 2 aliphatic rings. The van der Waals surface area contributed by atoms with E-state index >= 15 is 0 Å². The van der Waals surface area contributed by atoms with Gasteiger partial charge in [0.2, 0.25) is 5.91 Å². The summed E-state index contributed by atoms with van der Waals surface area (Å²) in [6.07, 6.45) is 6.71. The largest absolute Gasteiger partial charge is 0.344 e. The van der Waals surface area contributed by atoms with Crippen molar-refractivity contribution in [2.24, 2.45) is 17.8 Å². The van der Waals surface area contributed by atoms with Gasteiger partial charge in [0, 0.05) is 19.6 Å². The van der Waals surface area contributed by atoms with Crippen LogP contribution in [0.2, 0.25) is 0 Å². The number of hydrogen-bond donors (Lipinski definition) is 1. The van der Waals surface area contributed by atoms with Gasteiger partial charge in [-0.3, -0.25) is 4.79 Å². The number of amides is 1. The highest BCUT2D eigenvalue weighted by molar-refractivity contribution is 5.78. The zero-order valence-electron chi connectivity index (χ0n) is 12.1. The summed E-state index contributed by atoms with van der Waals surface area (Å²) in [6, 6.07) is 0.435. The highest BCUT2D eigenvalue weighted by Gasteiger charge is 2.39. The van der Waals surface area contributed by atoms with Crippen molar-refractivity contribution >= 4 is 5.91 Å². The van der Waals surface area contributed by atoms with E-state index in [2.05, 4.69) is 19.2 Å². The summed E-state index contributed by atoms with van der Waals surface area (Å²) in [6.45, 7) is 5.73. The molecule has 0 aromatic heterocycles. The topological polar surface area (TPSA) is 32.3 Å². The van der Waals surface area contributed by atoms with Crippen LogP contribution in [-0.2, 0) is 4.79 Å². The predicted molar refractivity (Wildman–Crippen MR) is 74.3 cm³/mol. The molecule has 2 saturated carbocycles. The van der Waals surface area contributed by atoms with Crippen molar-refractivity contribution in [3.63, 3.8) is 0 Å². The molecule has 2 rings (SSSR count). The third kappa shape index (κ3) is 3.25. The second kappa shape index (κ2) is 6.05. The molecule has 4 unspecified atom stereocenters. The number of carbonyl (C=O) groups excluding carboxylic acids is 1. The number of fused-ring (bicyclic) bond motifs is 2. The summed E-state index contributed by atoms with van der Waals surface area (Å²) in [5.41, 5.74) is 0. The number of hydrogen-bond acceptors (Lipinski definition) is 2. The minimum atomic E-state index is 0.248. The Kier molecular flexibility index (Phi) is 4.66. The van der Waals surface area contributed by atoms with Gasteiger partial charge in [0.15, 0.2) is 0 Å². The zero-order chi connectivity index (χ0) is 13.1. The lowest BCUT2D eigenvalue weighted by Gasteiger charge is -2.27. The maximum absolute atomic E-state index is 12.0. The summed E-state index contributed by atoms with van der Waals surface area (Å²) in [7, 11) is 1.96. The van der Waals surface area contributed by atoms with Gasteiger partial charge in [-0.25, -0.2) is 0 Å². The predicted octanol–water partition coefficient (Wildman–Crippen LogP) is 2.27. The number of likely N-dealkylation sites (N-methyl/N-ethyl adjacent to an activating group) is 1. The van der Waals surface area contributed by atoms with Crippen LogP contribution in [0, 0.1) is 17.8 Å². The Balaban J connectivity index is 1.70. The Morgan fingerprint density at radius 1 is 1.39 bits per heavy atom. The molecule has 3 nitrogen and oxygen atoms in total. The molecule has 0 aromatic rings. The fraction of sp³-hybridized carbons (Fsp3) is 0.933. The van der Waals surface area contributed by atoms with Crippen molar-refractivity contribution in [3.05, 3.63) is 0 Å². The van der Waals surface area contributed by atoms with Crippen molar-refractivity contribution < 1.29 is 4.79 Å². The summed E-state index contributed by atoms with van der Waals surface area (Å²) < 4.78 is 0. The molecule has 2 fully saturated rings. The summed E-state index contributed by atoms with van der Waals surface area (Å²) >= 11 is 0. The molecule has 0 radical (unpaired) electrons. The Bertz CT molecular complexity index is 292. The molecule has 1 N–H and O–H groups in total. The quantitative estimate of drug-likeness (QED) is 0.786. The Labute approximate surface area is 111 Å². The van der Waals surface area contributed by atoms with Gasteiger partial charge in [-0.1, -0.05) is 13.3 Å². The molecule has 0 aliphatic heterocycles. The first-order valence-corrected chi connectivity index (χ1v) is 7.57. The van der Waals surface area contributed by atoms with Crippen molar-refractivity contribution in [2.45, 2.75) is 52.0 Å². The monoisotopic (exact) mass is 252 g/mol. The molecule has 0 heterocycles. The number of nitrogens with zero attached hydrogens (tertiary/aromatic N) is 1. The second-order valence-electron chi connectivity index (χ2n) is 6.40. The SMILES string of the molecule is CCC(C)NCC(=O)N(C)CC1CC2CCC1C2. The third-order valence-electron chi connectivity index (χ3n) is 5.03. The van der Waals surface area contributed by atoms with Gasteiger partial charge in [-0.2, -0.15) is 0 Å². The van der Waals surface area contributed by atoms with Gasteiger partial charge in [0.05, 0.1) is 6.54 Å². The zero-order valence-corrected chi connectivity index (χ0v) is 12.1. The van der Waals surface area contributed by atoms with Crippen molar-refractivity contribution in [3.8, 4) is 0 Å². The van der Waals surface area contributed by atoms with Crippen molar-refractivity contribution in [1.82, 2.24) is 10.2 Å². The van der Waals surface area contributed by atoms with Crippen LogP contribution in [0.15, 0.2) is 0 Å². The molecule has 0 saturated heterocycles. The molecule has 2 bridgehead atoms. The van der Waals surface area contributed by atoms with Crippen LogP contribution in [0.1, 0.15) is 46.0 Å². The molecular formula is C15H28N2O. The van der Waals surface area contributed by atoms with Crippen LogP contribution in [0.3, 0.4) is 0 Å². The van der Waals surface area contributed by atoms with Crippen LogP contribution in [0.25, 0.3) is 0 Å². The van der Waals surface area contributed by atoms with Crippen LogP contribution in [0.5, 0.6) is 0 Å². The lowest BCUT2D eigenvalue weighted by Crippen LogP contribution is -2.41. The van der Waals surface area contributed by atoms with Crippen LogP contribution < -0.4 is 5.32 Å². The molecule has 0 aromatic carbocycles. The van der Waals surface area contributed by atoms with Crippen LogP contribution in [-0.4, -0.2) is 37.0 Å². The van der Waals surface area contributed by atoms with E-state index in [9.17, 15) is 4.79 Å². The van der Waals surface area contributed by atoms with E-state index in [1.165, 1.54) is 25.7 Å². The van der Waals surface area contributed by atoms with E-state index in [-0.39, 0.29) is 5.91 Å². The Morgan fingerprint density at radius 3 is 2.72 bits per heavy atom. The molecule has 3 heteroatoms. The van der Waals surface area contributed by atoms with E-state index in [0.717, 1.165) is 30.7 Å². The van der Waals surface area contributed by atoms with E-state index < -0.39 is 0 Å². The molecule has 18 heavy (non-hydrogen) atoms. The third-order valence-corrected chi connectivity index (χ3v) is 5.03. The summed E-state index contributed by atoms with van der Waals surface area (Å²) in [5.74, 6) is 2.91. The van der Waals surface area contributed by atoms with Crippen LogP contribution >= 0.6 is 0 Å².